The van der Waals surface area contributed by atoms with Crippen molar-refractivity contribution in [1.29, 1.82) is 0 Å². The summed E-state index contributed by atoms with van der Waals surface area (Å²) in [5, 5.41) is 3.35. The summed E-state index contributed by atoms with van der Waals surface area (Å²) in [6.45, 7) is 1.96. The largest absolute Gasteiger partial charge is 0.353 e. The number of nitrogens with two attached hydrogens (primary N) is 1. The number of carbonyl (C=O) groups excluding carboxylic acids is 1. The van der Waals surface area contributed by atoms with Gasteiger partial charge in [0.15, 0.2) is 0 Å². The minimum atomic E-state index is -0.228. The molecule has 132 valence electrons. The van der Waals surface area contributed by atoms with Crippen LogP contribution in [-0.2, 0) is 4.79 Å². The van der Waals surface area contributed by atoms with E-state index in [1.54, 1.807) is 0 Å². The predicted octanol–water partition coefficient (Wildman–Crippen LogP) is 3.69. The molecule has 3 aliphatic rings. The molecule has 2 bridgehead atoms. The summed E-state index contributed by atoms with van der Waals surface area (Å²) in [6.07, 6.45) is 6.77. The highest BCUT2D eigenvalue weighted by Gasteiger charge is 2.54. The van der Waals surface area contributed by atoms with Crippen LogP contribution >= 0.6 is 12.4 Å². The molecule has 0 saturated heterocycles. The Morgan fingerprint density at radius 2 is 1.83 bits per heavy atom. The molecule has 3 fully saturated rings. The maximum atomic E-state index is 12.7. The van der Waals surface area contributed by atoms with E-state index in [4.69, 9.17) is 5.73 Å². The number of amides is 1. The van der Waals surface area contributed by atoms with Crippen molar-refractivity contribution in [2.45, 2.75) is 51.1 Å². The second-order valence-electron chi connectivity index (χ2n) is 7.99. The van der Waals surface area contributed by atoms with Crippen LogP contribution in [0.3, 0.4) is 0 Å². The molecular formula is C20H29ClN2O. The predicted molar refractivity (Wildman–Crippen MR) is 98.8 cm³/mol. The summed E-state index contributed by atoms with van der Waals surface area (Å²) in [7, 11) is 0. The molecule has 7 unspecified atom stereocenters. The van der Waals surface area contributed by atoms with Crippen molar-refractivity contribution in [1.82, 2.24) is 5.32 Å². The highest BCUT2D eigenvalue weighted by molar-refractivity contribution is 5.85. The maximum absolute atomic E-state index is 12.7. The lowest BCUT2D eigenvalue weighted by molar-refractivity contribution is -0.126. The first kappa shape index (κ1) is 17.8. The number of carbonyl (C=O) groups is 1. The molecule has 1 aromatic carbocycles. The van der Waals surface area contributed by atoms with Gasteiger partial charge < -0.3 is 11.1 Å². The lowest BCUT2D eigenvalue weighted by atomic mass is 9.79. The van der Waals surface area contributed by atoms with E-state index in [1.807, 2.05) is 37.3 Å². The summed E-state index contributed by atoms with van der Waals surface area (Å²) in [5.41, 5.74) is 7.36. The SMILES string of the molecule is CC(C(=O)NC1CC2CC1C1CCCC21)C(N)c1ccccc1.Cl. The van der Waals surface area contributed by atoms with Gasteiger partial charge in [-0.1, -0.05) is 43.7 Å². The number of hydrogen-bond acceptors (Lipinski definition) is 2. The average molecular weight is 349 g/mol. The third-order valence-electron chi connectivity index (χ3n) is 6.89. The third-order valence-corrected chi connectivity index (χ3v) is 6.89. The van der Waals surface area contributed by atoms with Crippen LogP contribution in [0.5, 0.6) is 0 Å². The van der Waals surface area contributed by atoms with Crippen LogP contribution in [0, 0.1) is 29.6 Å². The molecule has 3 aliphatic carbocycles. The van der Waals surface area contributed by atoms with Crippen molar-refractivity contribution in [3.8, 4) is 0 Å². The topological polar surface area (TPSA) is 55.1 Å². The number of benzene rings is 1. The fourth-order valence-electron chi connectivity index (χ4n) is 5.68. The maximum Gasteiger partial charge on any atom is 0.224 e. The van der Waals surface area contributed by atoms with Crippen LogP contribution < -0.4 is 11.1 Å². The Hall–Kier alpha value is -1.06. The van der Waals surface area contributed by atoms with Crippen LogP contribution in [-0.4, -0.2) is 11.9 Å². The van der Waals surface area contributed by atoms with Gasteiger partial charge in [0.25, 0.3) is 0 Å². The fourth-order valence-corrected chi connectivity index (χ4v) is 5.68. The standard InChI is InChI=1S/C20H28N2O.ClH/c1-12(19(21)13-6-3-2-4-7-13)20(23)22-18-11-14-10-17(18)16-9-5-8-15(14)16;/h2-4,6-7,12,14-19H,5,8-11,21H2,1H3,(H,22,23);1H. The second-order valence-corrected chi connectivity index (χ2v) is 7.99. The van der Waals surface area contributed by atoms with E-state index >= 15 is 0 Å². The molecule has 3 N–H and O–H groups in total. The molecule has 1 amide bonds. The zero-order chi connectivity index (χ0) is 16.0. The van der Waals surface area contributed by atoms with E-state index in [0.717, 1.165) is 29.2 Å². The van der Waals surface area contributed by atoms with Gasteiger partial charge in [0.1, 0.15) is 0 Å². The van der Waals surface area contributed by atoms with Gasteiger partial charge in [-0.3, -0.25) is 4.79 Å². The van der Waals surface area contributed by atoms with Gasteiger partial charge in [-0.05, 0) is 54.9 Å². The normalized spacial score (nSPS) is 35.8. The molecule has 3 saturated carbocycles. The number of fused-ring (bicyclic) bond motifs is 5. The van der Waals surface area contributed by atoms with Gasteiger partial charge in [-0.2, -0.15) is 0 Å². The summed E-state index contributed by atoms with van der Waals surface area (Å²) in [5.74, 6) is 3.41. The lowest BCUT2D eigenvalue weighted by Crippen LogP contribution is -2.46. The van der Waals surface area contributed by atoms with Gasteiger partial charge in [0, 0.05) is 12.1 Å². The molecule has 1 aromatic rings. The van der Waals surface area contributed by atoms with E-state index in [2.05, 4.69) is 5.32 Å². The minimum Gasteiger partial charge on any atom is -0.353 e. The van der Waals surface area contributed by atoms with Crippen molar-refractivity contribution in [2.75, 3.05) is 0 Å². The molecule has 7 atom stereocenters. The van der Waals surface area contributed by atoms with Gasteiger partial charge in [0.05, 0.1) is 5.92 Å². The smallest absolute Gasteiger partial charge is 0.224 e. The zero-order valence-corrected chi connectivity index (χ0v) is 15.2. The molecule has 3 nitrogen and oxygen atoms in total. The van der Waals surface area contributed by atoms with Gasteiger partial charge in [0.2, 0.25) is 5.91 Å². The van der Waals surface area contributed by atoms with Crippen LogP contribution in [0.25, 0.3) is 0 Å². The average Bonchev–Trinajstić information content (AvgIpc) is 3.27. The van der Waals surface area contributed by atoms with Crippen LogP contribution in [0.4, 0.5) is 0 Å². The van der Waals surface area contributed by atoms with E-state index in [9.17, 15) is 4.79 Å². The third kappa shape index (κ3) is 2.97. The molecule has 4 heteroatoms. The lowest BCUT2D eigenvalue weighted by Gasteiger charge is -2.33. The minimum absolute atomic E-state index is 0. The van der Waals surface area contributed by atoms with E-state index in [1.165, 1.54) is 32.1 Å². The van der Waals surface area contributed by atoms with Gasteiger partial charge >= 0.3 is 0 Å². The van der Waals surface area contributed by atoms with Gasteiger partial charge in [-0.15, -0.1) is 12.4 Å². The molecule has 0 spiro atoms. The van der Waals surface area contributed by atoms with Crippen molar-refractivity contribution in [3.05, 3.63) is 35.9 Å². The van der Waals surface area contributed by atoms with Crippen molar-refractivity contribution in [3.63, 3.8) is 0 Å². The molecular weight excluding hydrogens is 320 g/mol. The van der Waals surface area contributed by atoms with Crippen LogP contribution in [0.15, 0.2) is 30.3 Å². The summed E-state index contributed by atoms with van der Waals surface area (Å²) < 4.78 is 0. The first-order chi connectivity index (χ1) is 11.1. The van der Waals surface area contributed by atoms with Crippen molar-refractivity contribution < 1.29 is 4.79 Å². The molecule has 0 radical (unpaired) electrons. The van der Waals surface area contributed by atoms with Crippen molar-refractivity contribution >= 4 is 18.3 Å². The monoisotopic (exact) mass is 348 g/mol. The summed E-state index contributed by atoms with van der Waals surface area (Å²) >= 11 is 0. The summed E-state index contributed by atoms with van der Waals surface area (Å²) in [6, 6.07) is 10.1. The zero-order valence-electron chi connectivity index (χ0n) is 14.4. The molecule has 4 rings (SSSR count). The first-order valence-corrected chi connectivity index (χ1v) is 9.26. The Balaban J connectivity index is 0.00000169. The Morgan fingerprint density at radius 3 is 2.58 bits per heavy atom. The van der Waals surface area contributed by atoms with Gasteiger partial charge in [-0.25, -0.2) is 0 Å². The van der Waals surface area contributed by atoms with E-state index in [-0.39, 0.29) is 30.3 Å². The van der Waals surface area contributed by atoms with Crippen molar-refractivity contribution in [2.24, 2.45) is 35.3 Å². The Labute approximate surface area is 151 Å². The van der Waals surface area contributed by atoms with E-state index in [0.29, 0.717) is 6.04 Å². The number of rotatable bonds is 4. The number of hydrogen-bond donors (Lipinski definition) is 2. The molecule has 0 aromatic heterocycles. The Kier molecular flexibility index (Phi) is 5.22. The number of nitrogens with one attached hydrogen (secondary N) is 1. The van der Waals surface area contributed by atoms with Crippen LogP contribution in [0.2, 0.25) is 0 Å². The highest BCUT2D eigenvalue weighted by atomic mass is 35.5. The van der Waals surface area contributed by atoms with Crippen LogP contribution in [0.1, 0.15) is 50.6 Å². The quantitative estimate of drug-likeness (QED) is 0.871. The molecule has 0 heterocycles. The number of halogens is 1. The fraction of sp³-hybridized carbons (Fsp3) is 0.650. The highest BCUT2D eigenvalue weighted by Crippen LogP contribution is 2.58. The summed E-state index contributed by atoms with van der Waals surface area (Å²) in [4.78, 5) is 12.7. The molecule has 24 heavy (non-hydrogen) atoms. The van der Waals surface area contributed by atoms with E-state index < -0.39 is 0 Å². The Morgan fingerprint density at radius 1 is 1.12 bits per heavy atom. The molecule has 0 aliphatic heterocycles. The second kappa shape index (κ2) is 7.05. The Bertz CT molecular complexity index is 578. The first-order valence-electron chi connectivity index (χ1n) is 9.26.